The number of rotatable bonds is 2. The van der Waals surface area contributed by atoms with Crippen molar-refractivity contribution in [3.63, 3.8) is 0 Å². The highest BCUT2D eigenvalue weighted by molar-refractivity contribution is 5.34. The van der Waals surface area contributed by atoms with E-state index in [0.29, 0.717) is 5.82 Å². The molecule has 0 aliphatic carbocycles. The van der Waals surface area contributed by atoms with Crippen molar-refractivity contribution in [2.45, 2.75) is 13.3 Å². The fraction of sp³-hybridized carbons (Fsp3) is 0.222. The first-order valence-electron chi connectivity index (χ1n) is 4.42. The van der Waals surface area contributed by atoms with Gasteiger partial charge < -0.3 is 5.73 Å². The van der Waals surface area contributed by atoms with Crippen LogP contribution in [0.3, 0.4) is 0 Å². The minimum absolute atomic E-state index is 0.514. The molecule has 72 valence electrons. The zero-order chi connectivity index (χ0) is 9.97. The fourth-order valence-corrected chi connectivity index (χ4v) is 1.30. The molecular weight excluding hydrogens is 178 g/mol. The van der Waals surface area contributed by atoms with Crippen molar-refractivity contribution in [3.8, 4) is 5.82 Å². The molecule has 0 atom stereocenters. The zero-order valence-electron chi connectivity index (χ0n) is 7.88. The summed E-state index contributed by atoms with van der Waals surface area (Å²) in [5.41, 5.74) is 6.66. The van der Waals surface area contributed by atoms with Gasteiger partial charge in [0.25, 0.3) is 0 Å². The van der Waals surface area contributed by atoms with Crippen LogP contribution in [0.1, 0.15) is 12.6 Å². The summed E-state index contributed by atoms with van der Waals surface area (Å²) in [5, 5.41) is 4.16. The Balaban J connectivity index is 2.51. The first-order valence-corrected chi connectivity index (χ1v) is 4.42. The van der Waals surface area contributed by atoms with Crippen LogP contribution in [0.25, 0.3) is 5.82 Å². The lowest BCUT2D eigenvalue weighted by Gasteiger charge is -2.02. The highest BCUT2D eigenvalue weighted by Crippen LogP contribution is 2.11. The number of nitrogens with two attached hydrogens (primary N) is 1. The largest absolute Gasteiger partial charge is 0.382 e. The van der Waals surface area contributed by atoms with Gasteiger partial charge in [0.1, 0.15) is 12.1 Å². The molecule has 0 saturated heterocycles. The maximum absolute atomic E-state index is 5.62. The molecule has 0 spiro atoms. The van der Waals surface area contributed by atoms with Crippen molar-refractivity contribution in [1.29, 1.82) is 0 Å². The molecule has 0 amide bonds. The molecule has 0 radical (unpaired) electrons. The van der Waals surface area contributed by atoms with Crippen molar-refractivity contribution in [2.24, 2.45) is 0 Å². The third kappa shape index (κ3) is 1.44. The summed E-state index contributed by atoms with van der Waals surface area (Å²) in [6.07, 6.45) is 4.04. The molecule has 2 heterocycles. The molecule has 0 aromatic carbocycles. The maximum atomic E-state index is 5.62. The van der Waals surface area contributed by atoms with Crippen LogP contribution in [0.4, 0.5) is 5.82 Å². The zero-order valence-corrected chi connectivity index (χ0v) is 7.88. The molecular formula is C9H11N5. The molecule has 2 N–H and O–H groups in total. The number of hydrogen-bond donors (Lipinski definition) is 1. The van der Waals surface area contributed by atoms with Gasteiger partial charge in [0.2, 0.25) is 0 Å². The Morgan fingerprint density at radius 2 is 2.36 bits per heavy atom. The van der Waals surface area contributed by atoms with Crippen LogP contribution >= 0.6 is 0 Å². The second kappa shape index (κ2) is 3.45. The minimum Gasteiger partial charge on any atom is -0.382 e. The highest BCUT2D eigenvalue weighted by Gasteiger charge is 2.06. The van der Waals surface area contributed by atoms with E-state index >= 15 is 0 Å². The molecule has 2 rings (SSSR count). The molecule has 5 heteroatoms. The van der Waals surface area contributed by atoms with Crippen LogP contribution in [0.15, 0.2) is 24.7 Å². The molecule has 0 unspecified atom stereocenters. The van der Waals surface area contributed by atoms with E-state index in [1.807, 2.05) is 13.0 Å². The second-order valence-corrected chi connectivity index (χ2v) is 2.89. The Kier molecular flexibility index (Phi) is 2.14. The van der Waals surface area contributed by atoms with Gasteiger partial charge in [-0.3, -0.25) is 0 Å². The van der Waals surface area contributed by atoms with Gasteiger partial charge >= 0.3 is 0 Å². The number of anilines is 1. The third-order valence-corrected chi connectivity index (χ3v) is 1.95. The smallest absolute Gasteiger partial charge is 0.157 e. The van der Waals surface area contributed by atoms with Gasteiger partial charge in [-0.15, -0.1) is 5.10 Å². The molecule has 0 fully saturated rings. The van der Waals surface area contributed by atoms with Crippen molar-refractivity contribution in [1.82, 2.24) is 19.7 Å². The van der Waals surface area contributed by atoms with E-state index in [-0.39, 0.29) is 0 Å². The van der Waals surface area contributed by atoms with E-state index in [9.17, 15) is 0 Å². The van der Waals surface area contributed by atoms with Gasteiger partial charge in [0.15, 0.2) is 5.82 Å². The van der Waals surface area contributed by atoms with Crippen molar-refractivity contribution in [3.05, 3.63) is 30.4 Å². The van der Waals surface area contributed by atoms with Gasteiger partial charge in [-0.1, -0.05) is 6.92 Å². The fourth-order valence-electron chi connectivity index (χ4n) is 1.30. The summed E-state index contributed by atoms with van der Waals surface area (Å²) < 4.78 is 1.73. The van der Waals surface area contributed by atoms with Crippen molar-refractivity contribution >= 4 is 5.82 Å². The van der Waals surface area contributed by atoms with Crippen LogP contribution < -0.4 is 5.73 Å². The quantitative estimate of drug-likeness (QED) is 0.758. The average Bonchev–Trinajstić information content (AvgIpc) is 2.61. The molecule has 0 aliphatic rings. The molecule has 0 saturated carbocycles. The number of nitrogen functional groups attached to an aromatic ring is 1. The maximum Gasteiger partial charge on any atom is 0.157 e. The summed E-state index contributed by atoms with van der Waals surface area (Å²) in [6, 6.07) is 3.65. The topological polar surface area (TPSA) is 69.6 Å². The summed E-state index contributed by atoms with van der Waals surface area (Å²) in [6.45, 7) is 2.05. The number of aromatic nitrogens is 4. The molecule has 2 aromatic heterocycles. The molecule has 2 aromatic rings. The van der Waals surface area contributed by atoms with Crippen LogP contribution in [-0.2, 0) is 6.42 Å². The Bertz CT molecular complexity index is 420. The van der Waals surface area contributed by atoms with Gasteiger partial charge in [0.05, 0.1) is 0 Å². The first-order chi connectivity index (χ1) is 6.81. The summed E-state index contributed by atoms with van der Waals surface area (Å²) in [4.78, 5) is 7.95. The van der Waals surface area contributed by atoms with E-state index in [1.165, 1.54) is 6.33 Å². The van der Waals surface area contributed by atoms with E-state index in [4.69, 9.17) is 5.73 Å². The van der Waals surface area contributed by atoms with Crippen LogP contribution in [0, 0.1) is 0 Å². The summed E-state index contributed by atoms with van der Waals surface area (Å²) in [7, 11) is 0. The average molecular weight is 189 g/mol. The van der Waals surface area contributed by atoms with E-state index in [1.54, 1.807) is 16.9 Å². The monoisotopic (exact) mass is 189 g/mol. The number of nitrogens with zero attached hydrogens (tertiary/aromatic N) is 4. The van der Waals surface area contributed by atoms with Crippen molar-refractivity contribution in [2.75, 3.05) is 5.73 Å². The summed E-state index contributed by atoms with van der Waals surface area (Å²) in [5.74, 6) is 1.26. The molecule has 0 aliphatic heterocycles. The minimum atomic E-state index is 0.514. The number of aryl methyl sites for hydroxylation is 1. The van der Waals surface area contributed by atoms with E-state index in [0.717, 1.165) is 17.9 Å². The van der Waals surface area contributed by atoms with Crippen LogP contribution in [0.5, 0.6) is 0 Å². The molecule has 14 heavy (non-hydrogen) atoms. The van der Waals surface area contributed by atoms with Gasteiger partial charge in [-0.25, -0.2) is 14.6 Å². The van der Waals surface area contributed by atoms with Crippen molar-refractivity contribution < 1.29 is 0 Å². The lowest BCUT2D eigenvalue weighted by Crippen LogP contribution is -2.03. The Morgan fingerprint density at radius 3 is 3.00 bits per heavy atom. The second-order valence-electron chi connectivity index (χ2n) is 2.89. The third-order valence-electron chi connectivity index (χ3n) is 1.95. The normalized spacial score (nSPS) is 10.4. The lowest BCUT2D eigenvalue weighted by atomic mass is 10.3. The highest BCUT2D eigenvalue weighted by atomic mass is 15.3. The lowest BCUT2D eigenvalue weighted by molar-refractivity contribution is 0.788. The predicted molar refractivity (Wildman–Crippen MR) is 52.9 cm³/mol. The SMILES string of the molecule is CCc1cc(N)nn1-c1ccncn1. The Labute approximate surface area is 81.6 Å². The standard InChI is InChI=1S/C9H11N5/c1-2-7-5-8(10)13-14(7)9-3-4-11-6-12-9/h3-6H,2H2,1H3,(H2,10,13). The van der Waals surface area contributed by atoms with Gasteiger partial charge in [-0.2, -0.15) is 0 Å². The molecule has 5 nitrogen and oxygen atoms in total. The first kappa shape index (κ1) is 8.68. The van der Waals surface area contributed by atoms with E-state index < -0.39 is 0 Å². The number of hydrogen-bond acceptors (Lipinski definition) is 4. The van der Waals surface area contributed by atoms with Crippen LogP contribution in [0.2, 0.25) is 0 Å². The van der Waals surface area contributed by atoms with E-state index in [2.05, 4.69) is 15.1 Å². The van der Waals surface area contributed by atoms with Crippen LogP contribution in [-0.4, -0.2) is 19.7 Å². The predicted octanol–water partition coefficient (Wildman–Crippen LogP) is 0.807. The summed E-state index contributed by atoms with van der Waals surface area (Å²) >= 11 is 0. The Hall–Kier alpha value is -1.91. The molecule has 0 bridgehead atoms. The Morgan fingerprint density at radius 1 is 1.50 bits per heavy atom. The van der Waals surface area contributed by atoms with Gasteiger partial charge in [-0.05, 0) is 6.42 Å². The van der Waals surface area contributed by atoms with Gasteiger partial charge in [0, 0.05) is 24.0 Å².